The van der Waals surface area contributed by atoms with E-state index in [1.165, 1.54) is 12.3 Å². The lowest BCUT2D eigenvalue weighted by Gasteiger charge is -2.19. The van der Waals surface area contributed by atoms with E-state index >= 15 is 0 Å². The number of rotatable bonds is 3. The smallest absolute Gasteiger partial charge is 0.278 e. The molecule has 1 aromatic heterocycles. The van der Waals surface area contributed by atoms with Gasteiger partial charge < -0.3 is 9.47 Å². The summed E-state index contributed by atoms with van der Waals surface area (Å²) in [6.07, 6.45) is 1.37. The van der Waals surface area contributed by atoms with Crippen molar-refractivity contribution >= 4 is 15.7 Å². The molecule has 1 aliphatic heterocycles. The van der Waals surface area contributed by atoms with Gasteiger partial charge in [0.05, 0.1) is 11.9 Å². The highest BCUT2D eigenvalue weighted by molar-refractivity contribution is 7.92. The highest BCUT2D eigenvalue weighted by Gasteiger charge is 2.17. The molecule has 3 rings (SSSR count). The first-order valence-electron chi connectivity index (χ1n) is 5.57. The minimum Gasteiger partial charge on any atom is -0.486 e. The second-order valence-corrected chi connectivity index (χ2v) is 5.54. The van der Waals surface area contributed by atoms with Crippen molar-refractivity contribution in [1.29, 1.82) is 0 Å². The van der Waals surface area contributed by atoms with Gasteiger partial charge in [-0.2, -0.15) is 13.5 Å². The lowest BCUT2D eigenvalue weighted by Crippen LogP contribution is -2.17. The van der Waals surface area contributed by atoms with Gasteiger partial charge in [-0.15, -0.1) is 0 Å². The zero-order valence-electron chi connectivity index (χ0n) is 9.79. The number of ether oxygens (including phenoxy) is 2. The van der Waals surface area contributed by atoms with E-state index < -0.39 is 10.0 Å². The van der Waals surface area contributed by atoms with Gasteiger partial charge in [0.2, 0.25) is 0 Å². The van der Waals surface area contributed by atoms with Gasteiger partial charge in [-0.3, -0.25) is 9.82 Å². The molecule has 100 valence electrons. The molecule has 0 bridgehead atoms. The molecule has 2 heterocycles. The van der Waals surface area contributed by atoms with Gasteiger partial charge in [-0.25, -0.2) is 0 Å². The van der Waals surface area contributed by atoms with Crippen molar-refractivity contribution in [2.45, 2.75) is 5.03 Å². The van der Waals surface area contributed by atoms with E-state index in [0.717, 1.165) is 0 Å². The van der Waals surface area contributed by atoms with Crippen LogP contribution in [0.5, 0.6) is 11.5 Å². The maximum absolute atomic E-state index is 12.0. The number of benzene rings is 1. The third-order valence-corrected chi connectivity index (χ3v) is 3.87. The topological polar surface area (TPSA) is 93.3 Å². The Morgan fingerprint density at radius 3 is 2.68 bits per heavy atom. The van der Waals surface area contributed by atoms with Crippen molar-refractivity contribution in [2.24, 2.45) is 0 Å². The predicted molar refractivity (Wildman–Crippen MR) is 66.8 cm³/mol. The molecule has 19 heavy (non-hydrogen) atoms. The van der Waals surface area contributed by atoms with Crippen LogP contribution in [0.2, 0.25) is 0 Å². The number of nitrogens with one attached hydrogen (secondary N) is 2. The SMILES string of the molecule is O=S(=O)(Nc1ccc2c(c1)OCCO2)c1ccn[nH]1. The number of H-pyrrole nitrogens is 1. The first-order valence-corrected chi connectivity index (χ1v) is 7.05. The van der Waals surface area contributed by atoms with Gasteiger partial charge in [0, 0.05) is 6.07 Å². The van der Waals surface area contributed by atoms with Crippen molar-refractivity contribution in [1.82, 2.24) is 10.2 Å². The van der Waals surface area contributed by atoms with Gasteiger partial charge in [-0.05, 0) is 18.2 Å². The van der Waals surface area contributed by atoms with Crippen LogP contribution in [0.1, 0.15) is 0 Å². The van der Waals surface area contributed by atoms with Crippen molar-refractivity contribution in [3.8, 4) is 11.5 Å². The summed E-state index contributed by atoms with van der Waals surface area (Å²) in [5.41, 5.74) is 0.402. The van der Waals surface area contributed by atoms with Crippen LogP contribution in [0.3, 0.4) is 0 Å². The molecule has 1 aromatic carbocycles. The van der Waals surface area contributed by atoms with Crippen LogP contribution in [0.4, 0.5) is 5.69 Å². The molecule has 7 nitrogen and oxygen atoms in total. The maximum atomic E-state index is 12.0. The number of fused-ring (bicyclic) bond motifs is 1. The normalized spacial score (nSPS) is 14.1. The van der Waals surface area contributed by atoms with Crippen molar-refractivity contribution in [3.63, 3.8) is 0 Å². The zero-order chi connectivity index (χ0) is 13.3. The summed E-state index contributed by atoms with van der Waals surface area (Å²) in [4.78, 5) is 0. The van der Waals surface area contributed by atoms with E-state index in [1.807, 2.05) is 0 Å². The minimum atomic E-state index is -3.66. The van der Waals surface area contributed by atoms with Crippen LogP contribution in [0.25, 0.3) is 0 Å². The highest BCUT2D eigenvalue weighted by Crippen LogP contribution is 2.33. The van der Waals surface area contributed by atoms with Crippen LogP contribution in [-0.4, -0.2) is 31.8 Å². The molecule has 0 fully saturated rings. The number of aromatic nitrogens is 2. The zero-order valence-corrected chi connectivity index (χ0v) is 10.6. The van der Waals surface area contributed by atoms with Crippen LogP contribution in [0, 0.1) is 0 Å². The average Bonchev–Trinajstić information content (AvgIpc) is 2.93. The van der Waals surface area contributed by atoms with E-state index in [-0.39, 0.29) is 5.03 Å². The molecule has 2 aromatic rings. The number of nitrogens with zero attached hydrogens (tertiary/aromatic N) is 1. The molecule has 0 radical (unpaired) electrons. The number of hydrogen-bond donors (Lipinski definition) is 2. The Labute approximate surface area is 109 Å². The monoisotopic (exact) mass is 281 g/mol. The van der Waals surface area contributed by atoms with Crippen LogP contribution >= 0.6 is 0 Å². The summed E-state index contributed by atoms with van der Waals surface area (Å²) in [6, 6.07) is 6.24. The second kappa shape index (κ2) is 4.47. The van der Waals surface area contributed by atoms with E-state index in [4.69, 9.17) is 9.47 Å². The molecule has 0 spiro atoms. The van der Waals surface area contributed by atoms with Crippen LogP contribution < -0.4 is 14.2 Å². The lowest BCUT2D eigenvalue weighted by atomic mass is 10.3. The van der Waals surface area contributed by atoms with Gasteiger partial charge in [-0.1, -0.05) is 0 Å². The predicted octanol–water partition coefficient (Wildman–Crippen LogP) is 0.982. The van der Waals surface area contributed by atoms with E-state index in [0.29, 0.717) is 30.4 Å². The molecule has 0 amide bonds. The van der Waals surface area contributed by atoms with Gasteiger partial charge in [0.25, 0.3) is 10.0 Å². The van der Waals surface area contributed by atoms with Crippen molar-refractivity contribution in [3.05, 3.63) is 30.5 Å². The summed E-state index contributed by atoms with van der Waals surface area (Å²) in [5.74, 6) is 1.13. The molecule has 0 saturated heterocycles. The highest BCUT2D eigenvalue weighted by atomic mass is 32.2. The van der Waals surface area contributed by atoms with E-state index in [9.17, 15) is 8.42 Å². The molecular weight excluding hydrogens is 270 g/mol. The fourth-order valence-electron chi connectivity index (χ4n) is 1.71. The molecule has 8 heteroatoms. The van der Waals surface area contributed by atoms with E-state index in [1.54, 1.807) is 18.2 Å². The third kappa shape index (κ3) is 2.34. The maximum Gasteiger partial charge on any atom is 0.278 e. The fraction of sp³-hybridized carbons (Fsp3) is 0.182. The Balaban J connectivity index is 1.88. The number of sulfonamides is 1. The molecule has 0 saturated carbocycles. The summed E-state index contributed by atoms with van der Waals surface area (Å²) < 4.78 is 37.1. The van der Waals surface area contributed by atoms with Crippen molar-refractivity contribution < 1.29 is 17.9 Å². The number of aromatic amines is 1. The summed E-state index contributed by atoms with van der Waals surface area (Å²) in [7, 11) is -3.66. The Hall–Kier alpha value is -2.22. The molecule has 0 atom stereocenters. The Kier molecular flexibility index (Phi) is 2.79. The standard InChI is InChI=1S/C11H11N3O4S/c15-19(16,11-3-4-12-13-11)14-8-1-2-9-10(7-8)18-6-5-17-9/h1-4,7,14H,5-6H2,(H,12,13). The summed E-state index contributed by atoms with van der Waals surface area (Å²) in [6.45, 7) is 0.940. The first kappa shape index (κ1) is 11.8. The third-order valence-electron chi connectivity index (χ3n) is 2.56. The van der Waals surface area contributed by atoms with Crippen LogP contribution in [0.15, 0.2) is 35.5 Å². The summed E-state index contributed by atoms with van der Waals surface area (Å²) >= 11 is 0. The average molecular weight is 281 g/mol. The lowest BCUT2D eigenvalue weighted by molar-refractivity contribution is 0.171. The molecular formula is C11H11N3O4S. The largest absolute Gasteiger partial charge is 0.486 e. The minimum absolute atomic E-state index is 0.00221. The molecule has 1 aliphatic rings. The van der Waals surface area contributed by atoms with Gasteiger partial charge in [0.1, 0.15) is 13.2 Å². The Bertz CT molecular complexity index is 682. The quantitative estimate of drug-likeness (QED) is 0.874. The van der Waals surface area contributed by atoms with Crippen LogP contribution in [-0.2, 0) is 10.0 Å². The first-order chi connectivity index (χ1) is 9.15. The second-order valence-electron chi connectivity index (χ2n) is 3.88. The number of hydrogen-bond acceptors (Lipinski definition) is 5. The molecule has 2 N–H and O–H groups in total. The molecule has 0 unspecified atom stereocenters. The Morgan fingerprint density at radius 1 is 1.16 bits per heavy atom. The van der Waals surface area contributed by atoms with E-state index in [2.05, 4.69) is 14.9 Å². The Morgan fingerprint density at radius 2 is 1.95 bits per heavy atom. The molecule has 0 aliphatic carbocycles. The van der Waals surface area contributed by atoms with Gasteiger partial charge in [0.15, 0.2) is 16.5 Å². The van der Waals surface area contributed by atoms with Crippen molar-refractivity contribution in [2.75, 3.05) is 17.9 Å². The van der Waals surface area contributed by atoms with Gasteiger partial charge >= 0.3 is 0 Å². The fourth-order valence-corrected chi connectivity index (χ4v) is 2.67. The summed E-state index contributed by atoms with van der Waals surface area (Å²) in [5, 5.41) is 6.02. The number of anilines is 1.